The van der Waals surface area contributed by atoms with E-state index in [1.807, 2.05) is 32.9 Å². The van der Waals surface area contributed by atoms with E-state index in [1.54, 1.807) is 0 Å². The fraction of sp³-hybridized carbons (Fsp3) is 0.538. The van der Waals surface area contributed by atoms with E-state index >= 15 is 0 Å². The molecule has 0 atom stereocenters. The molecule has 0 aliphatic rings. The summed E-state index contributed by atoms with van der Waals surface area (Å²) in [6.07, 6.45) is 9.20. The highest BCUT2D eigenvalue weighted by Gasteiger charge is 1.66. The second kappa shape index (κ2) is 22.5. The van der Waals surface area contributed by atoms with Crippen LogP contribution in [-0.4, -0.2) is 0 Å². The van der Waals surface area contributed by atoms with Gasteiger partial charge in [-0.1, -0.05) is 58.2 Å². The Morgan fingerprint density at radius 3 is 1.69 bits per heavy atom. The van der Waals surface area contributed by atoms with Gasteiger partial charge in [0, 0.05) is 0 Å². The summed E-state index contributed by atoms with van der Waals surface area (Å²) in [7, 11) is 0. The molecule has 0 nitrogen and oxygen atoms in total. The smallest absolute Gasteiger partial charge is 0.0379 e. The molecule has 0 amide bonds. The minimum Gasteiger partial charge on any atom is -0.0988 e. The molecule has 0 rings (SSSR count). The highest BCUT2D eigenvalue weighted by Crippen LogP contribution is 1.88. The fourth-order valence-electron chi connectivity index (χ4n) is 0.354. The quantitative estimate of drug-likeness (QED) is 0.399. The van der Waals surface area contributed by atoms with E-state index in [0.29, 0.717) is 0 Å². The molecule has 0 aliphatic heterocycles. The minimum atomic E-state index is 0. The lowest BCUT2D eigenvalue weighted by Gasteiger charge is -1.78. The summed E-state index contributed by atoms with van der Waals surface area (Å²) < 4.78 is 0. The lowest BCUT2D eigenvalue weighted by molar-refractivity contribution is 1.22. The molecule has 0 radical (unpaired) electrons. The van der Waals surface area contributed by atoms with Crippen molar-refractivity contribution in [2.45, 2.75) is 49.0 Å². The van der Waals surface area contributed by atoms with Gasteiger partial charge in [0.25, 0.3) is 0 Å². The topological polar surface area (TPSA) is 0 Å². The summed E-state index contributed by atoms with van der Waals surface area (Å²) >= 11 is 0. The van der Waals surface area contributed by atoms with Gasteiger partial charge in [-0.25, -0.2) is 0 Å². The highest BCUT2D eigenvalue weighted by atomic mass is 13.7. The maximum Gasteiger partial charge on any atom is -0.0379 e. The van der Waals surface area contributed by atoms with Crippen molar-refractivity contribution in [1.29, 1.82) is 0 Å². The molecule has 0 heterocycles. The molecule has 0 aromatic heterocycles. The van der Waals surface area contributed by atoms with Gasteiger partial charge in [0.15, 0.2) is 0 Å². The molecule has 0 N–H and O–H groups in total. The standard InChI is InChI=1S/C6H10.C5H10.2CH4/c1-4-6(3)5-2;1-3-5-4-2;;/h4-5H,1H2,2-3H3;3,5H,4H2,1-2H3;2*1H4/b6-5+;5-3+;;. The fourth-order valence-corrected chi connectivity index (χ4v) is 0.354. The van der Waals surface area contributed by atoms with Gasteiger partial charge < -0.3 is 0 Å². The summed E-state index contributed by atoms with van der Waals surface area (Å²) in [5.74, 6) is 0. The van der Waals surface area contributed by atoms with Crippen molar-refractivity contribution in [2.75, 3.05) is 0 Å². The number of allylic oxidation sites excluding steroid dienone is 5. The van der Waals surface area contributed by atoms with Gasteiger partial charge in [0.05, 0.1) is 0 Å². The first-order valence-electron chi connectivity index (χ1n) is 4.09. The van der Waals surface area contributed by atoms with Crippen molar-refractivity contribution >= 4 is 0 Å². The summed E-state index contributed by atoms with van der Waals surface area (Å²) in [6, 6.07) is 0. The predicted octanol–water partition coefficient (Wildman–Crippen LogP) is 5.38. The Morgan fingerprint density at radius 1 is 1.23 bits per heavy atom. The molecule has 0 aliphatic carbocycles. The van der Waals surface area contributed by atoms with E-state index in [2.05, 4.69) is 25.7 Å². The van der Waals surface area contributed by atoms with Crippen LogP contribution in [0.25, 0.3) is 0 Å². The van der Waals surface area contributed by atoms with Crippen molar-refractivity contribution < 1.29 is 0 Å². The zero-order chi connectivity index (χ0) is 9.11. The molecule has 80 valence electrons. The third-order valence-electron chi connectivity index (χ3n) is 1.25. The SMILES string of the molecule is C.C.C/C=C/CC.C=C/C(C)=C/C. The van der Waals surface area contributed by atoms with E-state index in [-0.39, 0.29) is 14.9 Å². The van der Waals surface area contributed by atoms with Crippen molar-refractivity contribution in [3.8, 4) is 0 Å². The Morgan fingerprint density at radius 2 is 1.69 bits per heavy atom. The molecule has 0 spiro atoms. The second-order valence-electron chi connectivity index (χ2n) is 2.21. The first-order chi connectivity index (χ1) is 5.22. The summed E-state index contributed by atoms with van der Waals surface area (Å²) in [5.41, 5.74) is 1.23. The van der Waals surface area contributed by atoms with Gasteiger partial charge >= 0.3 is 0 Å². The van der Waals surface area contributed by atoms with Crippen LogP contribution in [0.2, 0.25) is 0 Å². The monoisotopic (exact) mass is 184 g/mol. The minimum absolute atomic E-state index is 0. The Balaban J connectivity index is -0.0000000546. The lowest BCUT2D eigenvalue weighted by atomic mass is 10.3. The van der Waals surface area contributed by atoms with Crippen LogP contribution in [0.4, 0.5) is 0 Å². The van der Waals surface area contributed by atoms with Crippen molar-refractivity contribution in [3.05, 3.63) is 36.5 Å². The largest absolute Gasteiger partial charge is 0.0988 e. The van der Waals surface area contributed by atoms with Gasteiger partial charge in [-0.2, -0.15) is 0 Å². The molecule has 0 aromatic rings. The van der Waals surface area contributed by atoms with Crippen LogP contribution in [0.5, 0.6) is 0 Å². The number of rotatable bonds is 2. The normalized spacial score (nSPS) is 9.08. The molecule has 0 aromatic carbocycles. The van der Waals surface area contributed by atoms with Crippen LogP contribution in [0.15, 0.2) is 36.5 Å². The zero-order valence-corrected chi connectivity index (χ0v) is 8.22. The Hall–Kier alpha value is -0.780. The average Bonchev–Trinajstić information content (AvgIpc) is 2.06. The summed E-state index contributed by atoms with van der Waals surface area (Å²) in [5, 5.41) is 0. The molecular weight excluding hydrogens is 156 g/mol. The molecule has 0 unspecified atom stereocenters. The van der Waals surface area contributed by atoms with E-state index in [9.17, 15) is 0 Å². The van der Waals surface area contributed by atoms with Gasteiger partial charge in [0.2, 0.25) is 0 Å². The summed E-state index contributed by atoms with van der Waals surface area (Å²) in [6.45, 7) is 11.7. The number of hydrogen-bond acceptors (Lipinski definition) is 0. The predicted molar refractivity (Wildman–Crippen MR) is 68.2 cm³/mol. The van der Waals surface area contributed by atoms with Crippen molar-refractivity contribution in [3.63, 3.8) is 0 Å². The van der Waals surface area contributed by atoms with Crippen LogP contribution in [-0.2, 0) is 0 Å². The van der Waals surface area contributed by atoms with Crippen LogP contribution in [0.3, 0.4) is 0 Å². The molecule has 0 bridgehead atoms. The molecule has 0 fully saturated rings. The summed E-state index contributed by atoms with van der Waals surface area (Å²) in [4.78, 5) is 0. The van der Waals surface area contributed by atoms with Gasteiger partial charge in [-0.3, -0.25) is 0 Å². The third kappa shape index (κ3) is 35.0. The highest BCUT2D eigenvalue weighted by molar-refractivity contribution is 5.10. The van der Waals surface area contributed by atoms with Gasteiger partial charge in [0.1, 0.15) is 0 Å². The lowest BCUT2D eigenvalue weighted by Crippen LogP contribution is -1.57. The van der Waals surface area contributed by atoms with Gasteiger partial charge in [-0.15, -0.1) is 0 Å². The van der Waals surface area contributed by atoms with Crippen molar-refractivity contribution in [1.82, 2.24) is 0 Å². The first-order valence-corrected chi connectivity index (χ1v) is 4.09. The average molecular weight is 184 g/mol. The van der Waals surface area contributed by atoms with E-state index < -0.39 is 0 Å². The molecule has 0 saturated heterocycles. The molecule has 0 heteroatoms. The maximum atomic E-state index is 3.56. The van der Waals surface area contributed by atoms with Crippen molar-refractivity contribution in [2.24, 2.45) is 0 Å². The third-order valence-corrected chi connectivity index (χ3v) is 1.25. The van der Waals surface area contributed by atoms with Crippen LogP contribution >= 0.6 is 0 Å². The second-order valence-corrected chi connectivity index (χ2v) is 2.21. The van der Waals surface area contributed by atoms with Crippen LogP contribution < -0.4 is 0 Å². The van der Waals surface area contributed by atoms with E-state index in [4.69, 9.17) is 0 Å². The first kappa shape index (κ1) is 22.8. The zero-order valence-electron chi connectivity index (χ0n) is 8.22. The van der Waals surface area contributed by atoms with Gasteiger partial charge in [-0.05, 0) is 27.2 Å². The van der Waals surface area contributed by atoms with E-state index in [0.717, 1.165) is 6.42 Å². The molecule has 0 saturated carbocycles. The Kier molecular flexibility index (Phi) is 39.4. The Labute approximate surface area is 86.1 Å². The maximum absolute atomic E-state index is 3.56. The molecule has 13 heavy (non-hydrogen) atoms. The Bertz CT molecular complexity index is 127. The number of hydrogen-bond donors (Lipinski definition) is 0. The molecular formula is C13H28. The van der Waals surface area contributed by atoms with Crippen LogP contribution in [0.1, 0.15) is 49.0 Å². The van der Waals surface area contributed by atoms with E-state index in [1.165, 1.54) is 5.57 Å². The van der Waals surface area contributed by atoms with Crippen LogP contribution in [0, 0.1) is 0 Å².